The summed E-state index contributed by atoms with van der Waals surface area (Å²) in [4.78, 5) is 22.7. The SMILES string of the molecule is Cc1c(C(=O)NC(C)CC(=O)O)cnn1-c1ccccc1F. The van der Waals surface area contributed by atoms with E-state index in [0.29, 0.717) is 5.69 Å². The molecule has 0 saturated carbocycles. The largest absolute Gasteiger partial charge is 0.481 e. The molecule has 1 aromatic heterocycles. The van der Waals surface area contributed by atoms with Gasteiger partial charge >= 0.3 is 5.97 Å². The van der Waals surface area contributed by atoms with Crippen molar-refractivity contribution in [2.45, 2.75) is 26.3 Å². The molecule has 1 unspecified atom stereocenters. The summed E-state index contributed by atoms with van der Waals surface area (Å²) < 4.78 is 15.1. The summed E-state index contributed by atoms with van der Waals surface area (Å²) in [6, 6.07) is 5.60. The Balaban J connectivity index is 2.23. The van der Waals surface area contributed by atoms with E-state index in [1.165, 1.54) is 16.9 Å². The van der Waals surface area contributed by atoms with E-state index in [2.05, 4.69) is 10.4 Å². The third-order valence-electron chi connectivity index (χ3n) is 3.19. The monoisotopic (exact) mass is 305 g/mol. The summed E-state index contributed by atoms with van der Waals surface area (Å²) in [7, 11) is 0. The number of para-hydroxylation sites is 1. The summed E-state index contributed by atoms with van der Waals surface area (Å²) in [5, 5.41) is 15.3. The minimum atomic E-state index is -0.994. The van der Waals surface area contributed by atoms with Gasteiger partial charge in [0.05, 0.1) is 23.9 Å². The van der Waals surface area contributed by atoms with Crippen LogP contribution in [0.5, 0.6) is 0 Å². The third-order valence-corrected chi connectivity index (χ3v) is 3.19. The molecule has 0 aliphatic heterocycles. The zero-order chi connectivity index (χ0) is 16.3. The second kappa shape index (κ2) is 6.38. The number of rotatable bonds is 5. The number of halogens is 1. The standard InChI is InChI=1S/C15H16FN3O3/c1-9(7-14(20)21)18-15(22)11-8-17-19(10(11)2)13-6-4-3-5-12(13)16/h3-6,8-9H,7H2,1-2H3,(H,18,22)(H,20,21). The molecule has 2 aromatic rings. The minimum Gasteiger partial charge on any atom is -0.481 e. The smallest absolute Gasteiger partial charge is 0.305 e. The molecular weight excluding hydrogens is 289 g/mol. The van der Waals surface area contributed by atoms with Crippen molar-refractivity contribution in [2.75, 3.05) is 0 Å². The first-order valence-corrected chi connectivity index (χ1v) is 6.72. The van der Waals surface area contributed by atoms with Gasteiger partial charge in [-0.3, -0.25) is 9.59 Å². The number of amides is 1. The highest BCUT2D eigenvalue weighted by Crippen LogP contribution is 2.17. The van der Waals surface area contributed by atoms with E-state index in [-0.39, 0.29) is 17.7 Å². The number of carboxylic acids is 1. The van der Waals surface area contributed by atoms with Crippen molar-refractivity contribution in [2.24, 2.45) is 0 Å². The lowest BCUT2D eigenvalue weighted by Crippen LogP contribution is -2.34. The van der Waals surface area contributed by atoms with Crippen molar-refractivity contribution >= 4 is 11.9 Å². The van der Waals surface area contributed by atoms with E-state index in [4.69, 9.17) is 5.11 Å². The van der Waals surface area contributed by atoms with Crippen LogP contribution in [-0.2, 0) is 4.79 Å². The Morgan fingerprint density at radius 3 is 2.73 bits per heavy atom. The van der Waals surface area contributed by atoms with Crippen LogP contribution in [0.15, 0.2) is 30.5 Å². The van der Waals surface area contributed by atoms with Crippen molar-refractivity contribution in [1.82, 2.24) is 15.1 Å². The van der Waals surface area contributed by atoms with Crippen LogP contribution in [0.3, 0.4) is 0 Å². The Bertz CT molecular complexity index is 712. The fraction of sp³-hybridized carbons (Fsp3) is 0.267. The topological polar surface area (TPSA) is 84.2 Å². The molecule has 0 spiro atoms. The molecule has 1 atom stereocenters. The first-order valence-electron chi connectivity index (χ1n) is 6.72. The normalized spacial score (nSPS) is 12.0. The molecular formula is C15H16FN3O3. The predicted molar refractivity (Wildman–Crippen MR) is 77.4 cm³/mol. The molecule has 1 aromatic carbocycles. The second-order valence-corrected chi connectivity index (χ2v) is 4.98. The van der Waals surface area contributed by atoms with Crippen molar-refractivity contribution in [3.05, 3.63) is 47.5 Å². The third kappa shape index (κ3) is 3.30. The maximum Gasteiger partial charge on any atom is 0.305 e. The summed E-state index contributed by atoms with van der Waals surface area (Å²) in [5.41, 5.74) is 1.00. The number of carboxylic acid groups (broad SMARTS) is 1. The highest BCUT2D eigenvalue weighted by atomic mass is 19.1. The molecule has 1 amide bonds. The van der Waals surface area contributed by atoms with Crippen molar-refractivity contribution in [3.8, 4) is 5.69 Å². The number of hydrogen-bond acceptors (Lipinski definition) is 3. The molecule has 7 heteroatoms. The lowest BCUT2D eigenvalue weighted by Gasteiger charge is -2.11. The molecule has 116 valence electrons. The van der Waals surface area contributed by atoms with Gasteiger partial charge in [-0.05, 0) is 26.0 Å². The van der Waals surface area contributed by atoms with Gasteiger partial charge in [-0.15, -0.1) is 0 Å². The highest BCUT2D eigenvalue weighted by molar-refractivity contribution is 5.95. The van der Waals surface area contributed by atoms with Crippen LogP contribution in [-0.4, -0.2) is 32.8 Å². The van der Waals surface area contributed by atoms with Gasteiger partial charge in [-0.25, -0.2) is 9.07 Å². The maximum atomic E-state index is 13.8. The summed E-state index contributed by atoms with van der Waals surface area (Å²) in [6.45, 7) is 3.25. The number of nitrogens with zero attached hydrogens (tertiary/aromatic N) is 2. The Morgan fingerprint density at radius 2 is 2.09 bits per heavy atom. The van der Waals surface area contributed by atoms with Crippen LogP contribution in [0.25, 0.3) is 5.69 Å². The van der Waals surface area contributed by atoms with Crippen LogP contribution in [0, 0.1) is 12.7 Å². The first-order chi connectivity index (χ1) is 10.4. The van der Waals surface area contributed by atoms with E-state index >= 15 is 0 Å². The molecule has 0 radical (unpaired) electrons. The average Bonchev–Trinajstić information content (AvgIpc) is 2.80. The number of hydrogen-bond donors (Lipinski definition) is 2. The Morgan fingerprint density at radius 1 is 1.41 bits per heavy atom. The molecule has 6 nitrogen and oxygen atoms in total. The molecule has 1 heterocycles. The van der Waals surface area contributed by atoms with Crippen LogP contribution in [0.4, 0.5) is 4.39 Å². The minimum absolute atomic E-state index is 0.174. The molecule has 2 rings (SSSR count). The fourth-order valence-corrected chi connectivity index (χ4v) is 2.11. The van der Waals surface area contributed by atoms with Crippen molar-refractivity contribution in [1.29, 1.82) is 0 Å². The molecule has 0 saturated heterocycles. The number of nitrogens with one attached hydrogen (secondary N) is 1. The number of benzene rings is 1. The Labute approximate surface area is 126 Å². The Hall–Kier alpha value is -2.70. The van der Waals surface area contributed by atoms with Crippen LogP contribution >= 0.6 is 0 Å². The quantitative estimate of drug-likeness (QED) is 0.884. The van der Waals surface area contributed by atoms with Crippen molar-refractivity contribution in [3.63, 3.8) is 0 Å². The van der Waals surface area contributed by atoms with Crippen LogP contribution in [0.1, 0.15) is 29.4 Å². The van der Waals surface area contributed by atoms with E-state index < -0.39 is 23.7 Å². The second-order valence-electron chi connectivity index (χ2n) is 4.98. The van der Waals surface area contributed by atoms with Gasteiger partial charge in [-0.2, -0.15) is 5.10 Å². The van der Waals surface area contributed by atoms with Gasteiger partial charge in [-0.1, -0.05) is 12.1 Å². The molecule has 0 bridgehead atoms. The number of aromatic nitrogens is 2. The molecule has 0 fully saturated rings. The lowest BCUT2D eigenvalue weighted by atomic mass is 10.2. The van der Waals surface area contributed by atoms with E-state index in [0.717, 1.165) is 0 Å². The highest BCUT2D eigenvalue weighted by Gasteiger charge is 2.19. The van der Waals surface area contributed by atoms with Gasteiger partial charge in [0.2, 0.25) is 0 Å². The van der Waals surface area contributed by atoms with Gasteiger partial charge < -0.3 is 10.4 Å². The fourth-order valence-electron chi connectivity index (χ4n) is 2.11. The molecule has 22 heavy (non-hydrogen) atoms. The molecule has 0 aliphatic carbocycles. The summed E-state index contributed by atoms with van der Waals surface area (Å²) in [5.74, 6) is -1.87. The molecule has 2 N–H and O–H groups in total. The Kier molecular flexibility index (Phi) is 4.55. The van der Waals surface area contributed by atoms with Gasteiger partial charge in [0.15, 0.2) is 0 Å². The summed E-state index contributed by atoms with van der Waals surface area (Å²) >= 11 is 0. The van der Waals surface area contributed by atoms with Crippen LogP contribution < -0.4 is 5.32 Å². The number of carbonyl (C=O) groups is 2. The maximum absolute atomic E-state index is 13.8. The van der Waals surface area contributed by atoms with Crippen LogP contribution in [0.2, 0.25) is 0 Å². The van der Waals surface area contributed by atoms with Crippen molar-refractivity contribution < 1.29 is 19.1 Å². The number of carbonyl (C=O) groups excluding carboxylic acids is 1. The summed E-state index contributed by atoms with van der Waals surface area (Å²) in [6.07, 6.45) is 1.16. The zero-order valence-electron chi connectivity index (χ0n) is 12.2. The van der Waals surface area contributed by atoms with Gasteiger partial charge in [0.1, 0.15) is 11.5 Å². The zero-order valence-corrected chi connectivity index (χ0v) is 12.2. The first kappa shape index (κ1) is 15.7. The lowest BCUT2D eigenvalue weighted by molar-refractivity contribution is -0.137. The van der Waals surface area contributed by atoms with E-state index in [9.17, 15) is 14.0 Å². The van der Waals surface area contributed by atoms with E-state index in [1.807, 2.05) is 0 Å². The predicted octanol–water partition coefficient (Wildman–Crippen LogP) is 1.91. The van der Waals surface area contributed by atoms with Gasteiger partial charge in [0, 0.05) is 6.04 Å². The average molecular weight is 305 g/mol. The van der Waals surface area contributed by atoms with Gasteiger partial charge in [0.25, 0.3) is 5.91 Å². The van der Waals surface area contributed by atoms with E-state index in [1.54, 1.807) is 32.0 Å². The molecule has 0 aliphatic rings. The number of aliphatic carboxylic acids is 1.